The second kappa shape index (κ2) is 7.29. The van der Waals surface area contributed by atoms with Crippen LogP contribution in [0.1, 0.15) is 12.0 Å². The highest BCUT2D eigenvalue weighted by molar-refractivity contribution is 5.76. The van der Waals surface area contributed by atoms with Gasteiger partial charge >= 0.3 is 5.69 Å². The van der Waals surface area contributed by atoms with Crippen LogP contribution in [-0.2, 0) is 25.4 Å². The Labute approximate surface area is 136 Å². The van der Waals surface area contributed by atoms with E-state index in [2.05, 4.69) is 23.5 Å². The summed E-state index contributed by atoms with van der Waals surface area (Å²) in [5, 5.41) is 2.36. The highest BCUT2D eigenvalue weighted by atomic mass is 16.5. The van der Waals surface area contributed by atoms with Crippen molar-refractivity contribution in [2.45, 2.75) is 13.0 Å². The van der Waals surface area contributed by atoms with Crippen LogP contribution in [-0.4, -0.2) is 48.5 Å². The van der Waals surface area contributed by atoms with Gasteiger partial charge in [-0.2, -0.15) is 0 Å². The molecule has 0 radical (unpaired) electrons. The summed E-state index contributed by atoms with van der Waals surface area (Å²) in [6.07, 6.45) is 1.24. The molecule has 0 bridgehead atoms. The van der Waals surface area contributed by atoms with Gasteiger partial charge in [0.05, 0.1) is 37.3 Å². The van der Waals surface area contributed by atoms with E-state index < -0.39 is 0 Å². The van der Waals surface area contributed by atoms with Crippen LogP contribution in [0.25, 0.3) is 11.0 Å². The third kappa shape index (κ3) is 3.65. The Morgan fingerprint density at radius 2 is 1.91 bits per heavy atom. The van der Waals surface area contributed by atoms with Crippen molar-refractivity contribution in [1.82, 2.24) is 9.13 Å². The van der Waals surface area contributed by atoms with Crippen LogP contribution < -0.4 is 15.9 Å². The van der Waals surface area contributed by atoms with Crippen LogP contribution in [0.4, 0.5) is 0 Å². The van der Waals surface area contributed by atoms with E-state index in [1.807, 2.05) is 14.1 Å². The van der Waals surface area contributed by atoms with Gasteiger partial charge in [0.15, 0.2) is 0 Å². The molecule has 1 aliphatic heterocycles. The lowest BCUT2D eigenvalue weighted by Gasteiger charge is -2.23. The van der Waals surface area contributed by atoms with Crippen molar-refractivity contribution in [3.63, 3.8) is 0 Å². The second-order valence-electron chi connectivity index (χ2n) is 6.47. The van der Waals surface area contributed by atoms with Gasteiger partial charge in [-0.15, -0.1) is 0 Å². The lowest BCUT2D eigenvalue weighted by molar-refractivity contribution is -0.909. The zero-order valence-corrected chi connectivity index (χ0v) is 14.2. The van der Waals surface area contributed by atoms with Crippen molar-refractivity contribution in [3.8, 4) is 0 Å². The number of benzene rings is 1. The molecule has 1 saturated heterocycles. The Bertz CT molecular complexity index is 713. The maximum atomic E-state index is 12.0. The van der Waals surface area contributed by atoms with Crippen molar-refractivity contribution in [2.24, 2.45) is 14.1 Å². The number of morpholine rings is 1. The lowest BCUT2D eigenvalue weighted by Crippen LogP contribution is -3.14. The number of nitrogens with one attached hydrogen (secondary N) is 1. The average molecular weight is 320 g/mol. The van der Waals surface area contributed by atoms with E-state index in [0.717, 1.165) is 50.4 Å². The topological polar surface area (TPSA) is 57.2 Å². The molecule has 3 N–H and O–H groups in total. The quantitative estimate of drug-likeness (QED) is 0.620. The van der Waals surface area contributed by atoms with Crippen LogP contribution in [0.2, 0.25) is 0 Å². The van der Waals surface area contributed by atoms with Gasteiger partial charge in [0.25, 0.3) is 0 Å². The van der Waals surface area contributed by atoms with Crippen LogP contribution in [0.15, 0.2) is 23.0 Å². The molecule has 0 spiro atoms. The first-order valence-electron chi connectivity index (χ1n) is 8.54. The van der Waals surface area contributed by atoms with Crippen molar-refractivity contribution < 1.29 is 15.0 Å². The Morgan fingerprint density at radius 3 is 2.70 bits per heavy atom. The predicted octanol–water partition coefficient (Wildman–Crippen LogP) is -1.75. The summed E-state index contributed by atoms with van der Waals surface area (Å²) in [5.74, 6) is 0. The number of rotatable bonds is 6. The molecular weight excluding hydrogens is 292 g/mol. The molecule has 2 heterocycles. The van der Waals surface area contributed by atoms with Crippen molar-refractivity contribution in [2.75, 3.05) is 39.4 Å². The largest absolute Gasteiger partial charge is 0.370 e. The first-order chi connectivity index (χ1) is 11.2. The van der Waals surface area contributed by atoms with Gasteiger partial charge in [-0.1, -0.05) is 6.07 Å². The summed E-state index contributed by atoms with van der Waals surface area (Å²) in [4.78, 5) is 13.6. The Morgan fingerprint density at radius 1 is 1.17 bits per heavy atom. The number of nitrogens with two attached hydrogens (primary N) is 1. The normalized spacial score (nSPS) is 16.3. The molecule has 23 heavy (non-hydrogen) atoms. The van der Waals surface area contributed by atoms with E-state index in [4.69, 9.17) is 4.74 Å². The third-order valence-electron chi connectivity index (χ3n) is 4.85. The number of aryl methyl sites for hydroxylation is 2. The number of ether oxygens (including phenoxy) is 1. The fourth-order valence-electron chi connectivity index (χ4n) is 3.35. The number of imidazole rings is 1. The minimum absolute atomic E-state index is 0.0367. The maximum Gasteiger partial charge on any atom is 0.328 e. The fourth-order valence-corrected chi connectivity index (χ4v) is 3.35. The molecule has 0 unspecified atom stereocenters. The van der Waals surface area contributed by atoms with Gasteiger partial charge in [-0.05, 0) is 12.1 Å². The zero-order chi connectivity index (χ0) is 16.2. The molecule has 2 aromatic rings. The molecule has 6 heteroatoms. The van der Waals surface area contributed by atoms with Gasteiger partial charge in [0.1, 0.15) is 19.6 Å². The molecule has 126 valence electrons. The van der Waals surface area contributed by atoms with E-state index in [0.29, 0.717) is 0 Å². The summed E-state index contributed by atoms with van der Waals surface area (Å²) in [6, 6.07) is 6.32. The standard InChI is InChI=1S/C17H26N4O2/c1-19-15-5-4-14(12-16(15)20(2)17(19)22)13-18-6-3-7-21-8-10-23-11-9-21/h4-5,12,18H,3,6-11,13H2,1-2H3/p+2. The van der Waals surface area contributed by atoms with Gasteiger partial charge in [-0.3, -0.25) is 9.13 Å². The number of quaternary nitrogens is 2. The Balaban J connectivity index is 1.49. The van der Waals surface area contributed by atoms with E-state index in [1.165, 1.54) is 18.5 Å². The fraction of sp³-hybridized carbons (Fsp3) is 0.588. The van der Waals surface area contributed by atoms with Crippen molar-refractivity contribution in [1.29, 1.82) is 0 Å². The molecular formula is C17H28N4O2+2. The first-order valence-corrected chi connectivity index (χ1v) is 8.54. The predicted molar refractivity (Wildman–Crippen MR) is 89.7 cm³/mol. The highest BCUT2D eigenvalue weighted by Gasteiger charge is 2.13. The molecule has 0 saturated carbocycles. The van der Waals surface area contributed by atoms with E-state index in [-0.39, 0.29) is 5.69 Å². The summed E-state index contributed by atoms with van der Waals surface area (Å²) < 4.78 is 8.81. The van der Waals surface area contributed by atoms with E-state index in [9.17, 15) is 4.79 Å². The van der Waals surface area contributed by atoms with Crippen LogP contribution >= 0.6 is 0 Å². The van der Waals surface area contributed by atoms with Crippen LogP contribution in [0, 0.1) is 0 Å². The Kier molecular flexibility index (Phi) is 5.15. The number of fused-ring (bicyclic) bond motifs is 1. The molecule has 1 aromatic heterocycles. The van der Waals surface area contributed by atoms with Gasteiger partial charge < -0.3 is 15.0 Å². The molecule has 6 nitrogen and oxygen atoms in total. The summed E-state index contributed by atoms with van der Waals surface area (Å²) in [6.45, 7) is 7.49. The number of nitrogens with zero attached hydrogens (tertiary/aromatic N) is 2. The molecule has 1 fully saturated rings. The van der Waals surface area contributed by atoms with Gasteiger partial charge in [-0.25, -0.2) is 4.79 Å². The molecule has 0 aliphatic carbocycles. The summed E-state index contributed by atoms with van der Waals surface area (Å²) in [7, 11) is 3.66. The van der Waals surface area contributed by atoms with Crippen molar-refractivity contribution in [3.05, 3.63) is 34.2 Å². The second-order valence-corrected chi connectivity index (χ2v) is 6.47. The number of aromatic nitrogens is 2. The smallest absolute Gasteiger partial charge is 0.328 e. The summed E-state index contributed by atoms with van der Waals surface area (Å²) >= 11 is 0. The lowest BCUT2D eigenvalue weighted by atomic mass is 10.2. The zero-order valence-electron chi connectivity index (χ0n) is 14.2. The van der Waals surface area contributed by atoms with Crippen molar-refractivity contribution >= 4 is 11.0 Å². The molecule has 3 rings (SSSR count). The van der Waals surface area contributed by atoms with E-state index in [1.54, 1.807) is 14.0 Å². The van der Waals surface area contributed by atoms with Crippen LogP contribution in [0.5, 0.6) is 0 Å². The minimum atomic E-state index is 0.0367. The maximum absolute atomic E-state index is 12.0. The third-order valence-corrected chi connectivity index (χ3v) is 4.85. The average Bonchev–Trinajstić information content (AvgIpc) is 2.80. The highest BCUT2D eigenvalue weighted by Crippen LogP contribution is 2.13. The van der Waals surface area contributed by atoms with Gasteiger partial charge in [0.2, 0.25) is 0 Å². The SMILES string of the molecule is Cn1c(=O)n(C)c2cc(C[NH2+]CCC[NH+]3CCOCC3)ccc21. The minimum Gasteiger partial charge on any atom is -0.370 e. The number of hydrogen-bond acceptors (Lipinski definition) is 2. The monoisotopic (exact) mass is 320 g/mol. The van der Waals surface area contributed by atoms with Gasteiger partial charge in [0, 0.05) is 26.1 Å². The first kappa shape index (κ1) is 16.2. The molecule has 0 amide bonds. The summed E-state index contributed by atoms with van der Waals surface area (Å²) in [5.41, 5.74) is 3.32. The molecule has 0 atom stereocenters. The Hall–Kier alpha value is -1.63. The van der Waals surface area contributed by atoms with Crippen LogP contribution in [0.3, 0.4) is 0 Å². The molecule has 1 aromatic carbocycles. The molecule has 1 aliphatic rings. The number of hydrogen-bond donors (Lipinski definition) is 2. The van der Waals surface area contributed by atoms with E-state index >= 15 is 0 Å².